The Morgan fingerprint density at radius 2 is 2.06 bits per heavy atom. The molecule has 1 aromatic carbocycles. The Kier molecular flexibility index (Phi) is 3.39. The predicted octanol–water partition coefficient (Wildman–Crippen LogP) is 0.686. The molecule has 0 aliphatic heterocycles. The molecule has 0 aliphatic carbocycles. The average Bonchev–Trinajstić information content (AvgIpc) is 2.14. The summed E-state index contributed by atoms with van der Waals surface area (Å²) in [6.07, 6.45) is 0. The van der Waals surface area contributed by atoms with Crippen LogP contribution in [-0.2, 0) is 22.1 Å². The van der Waals surface area contributed by atoms with Gasteiger partial charge in [0.25, 0.3) is 0 Å². The second kappa shape index (κ2) is 4.14. The number of nitrogens with one attached hydrogen (secondary N) is 1. The lowest BCUT2D eigenvalue weighted by Crippen LogP contribution is -2.18. The van der Waals surface area contributed by atoms with Crippen molar-refractivity contribution in [2.45, 2.75) is 31.0 Å². The van der Waals surface area contributed by atoms with Gasteiger partial charge in [-0.15, -0.1) is 0 Å². The molecule has 6 heteroatoms. The maximum absolute atomic E-state index is 11.4. The molecular formula is C10H16N2O3S. The van der Waals surface area contributed by atoms with E-state index in [1.54, 1.807) is 19.9 Å². The van der Waals surface area contributed by atoms with Crippen LogP contribution in [0, 0.1) is 4.78 Å². The summed E-state index contributed by atoms with van der Waals surface area (Å²) in [5, 5.41) is 24.1. The van der Waals surface area contributed by atoms with Crippen LogP contribution in [0.2, 0.25) is 0 Å². The van der Waals surface area contributed by atoms with Gasteiger partial charge in [-0.3, -0.25) is 0 Å². The number of hydrogen-bond acceptors (Lipinski definition) is 4. The van der Waals surface area contributed by atoms with Crippen molar-refractivity contribution in [2.75, 3.05) is 0 Å². The second-order valence-electron chi connectivity index (χ2n) is 4.14. The molecule has 0 spiro atoms. The monoisotopic (exact) mass is 244 g/mol. The topological polar surface area (TPSA) is 107 Å². The van der Waals surface area contributed by atoms with Crippen LogP contribution < -0.4 is 5.14 Å². The lowest BCUT2D eigenvalue weighted by Gasteiger charge is -2.19. The highest BCUT2D eigenvalue weighted by Gasteiger charge is 2.19. The first kappa shape index (κ1) is 13.1. The lowest BCUT2D eigenvalue weighted by molar-refractivity contribution is 0.0783. The Balaban J connectivity index is 3.40. The first-order valence-electron chi connectivity index (χ1n) is 4.69. The van der Waals surface area contributed by atoms with E-state index >= 15 is 0 Å². The number of aliphatic hydroxyl groups excluding tert-OH is 1. The quantitative estimate of drug-likeness (QED) is 0.628. The number of nitrogens with two attached hydrogens (primary N) is 1. The summed E-state index contributed by atoms with van der Waals surface area (Å²) < 4.78 is 18.7. The number of rotatable bonds is 3. The van der Waals surface area contributed by atoms with Crippen LogP contribution in [0.4, 0.5) is 0 Å². The predicted molar refractivity (Wildman–Crippen MR) is 60.9 cm³/mol. The first-order valence-corrected chi connectivity index (χ1v) is 6.31. The summed E-state index contributed by atoms with van der Waals surface area (Å²) >= 11 is 0. The molecule has 5 N–H and O–H groups in total. The molecule has 5 nitrogen and oxygen atoms in total. The molecule has 0 aliphatic rings. The Labute approximate surface area is 95.0 Å². The van der Waals surface area contributed by atoms with E-state index in [-0.39, 0.29) is 11.5 Å². The molecule has 1 rings (SSSR count). The summed E-state index contributed by atoms with van der Waals surface area (Å²) in [7, 11) is -3.35. The molecule has 90 valence electrons. The molecule has 1 unspecified atom stereocenters. The van der Waals surface area contributed by atoms with Crippen LogP contribution in [0.25, 0.3) is 0 Å². The highest BCUT2D eigenvalue weighted by Crippen LogP contribution is 2.24. The van der Waals surface area contributed by atoms with Gasteiger partial charge in [0.15, 0.2) is 0 Å². The fourth-order valence-electron chi connectivity index (χ4n) is 1.38. The van der Waals surface area contributed by atoms with E-state index in [4.69, 9.17) is 15.0 Å². The van der Waals surface area contributed by atoms with Gasteiger partial charge >= 0.3 is 0 Å². The van der Waals surface area contributed by atoms with Crippen molar-refractivity contribution in [3.8, 4) is 0 Å². The van der Waals surface area contributed by atoms with E-state index in [1.807, 2.05) is 0 Å². The minimum atomic E-state index is -3.35. The van der Waals surface area contributed by atoms with Gasteiger partial charge in [0.1, 0.15) is 9.92 Å². The summed E-state index contributed by atoms with van der Waals surface area (Å²) in [5.74, 6) is 0. The van der Waals surface area contributed by atoms with Crippen molar-refractivity contribution in [3.05, 3.63) is 29.3 Å². The Morgan fingerprint density at radius 1 is 1.50 bits per heavy atom. The van der Waals surface area contributed by atoms with Crippen LogP contribution in [0.5, 0.6) is 0 Å². The lowest BCUT2D eigenvalue weighted by atomic mass is 9.97. The standard InChI is InChI=1S/C10H16N2O3S/c1-10(2,14)8-3-4-9(16(11,12)15)7(5-8)6-13/h3-5,13-14H,6H2,1-2H3,(H3,11,12,15). The average molecular weight is 244 g/mol. The third-order valence-electron chi connectivity index (χ3n) is 2.26. The zero-order valence-electron chi connectivity index (χ0n) is 9.23. The molecule has 0 bridgehead atoms. The minimum Gasteiger partial charge on any atom is -0.392 e. The maximum atomic E-state index is 11.4. The SMILES string of the molecule is CC(C)(O)c1ccc(S(=N)(N)=O)c(CO)c1. The highest BCUT2D eigenvalue weighted by atomic mass is 32.2. The van der Waals surface area contributed by atoms with Crippen molar-refractivity contribution >= 4 is 9.92 Å². The van der Waals surface area contributed by atoms with Crippen LogP contribution >= 0.6 is 0 Å². The van der Waals surface area contributed by atoms with Gasteiger partial charge in [-0.2, -0.15) is 0 Å². The molecule has 1 aromatic rings. The largest absolute Gasteiger partial charge is 0.392 e. The van der Waals surface area contributed by atoms with Crippen LogP contribution in [-0.4, -0.2) is 14.4 Å². The molecule has 1 atom stereocenters. The van der Waals surface area contributed by atoms with Crippen LogP contribution in [0.15, 0.2) is 23.1 Å². The van der Waals surface area contributed by atoms with Gasteiger partial charge in [-0.25, -0.2) is 14.1 Å². The number of hydrogen-bond donors (Lipinski definition) is 4. The van der Waals surface area contributed by atoms with Gasteiger partial charge in [0.05, 0.1) is 17.1 Å². The number of benzene rings is 1. The van der Waals surface area contributed by atoms with Crippen LogP contribution in [0.3, 0.4) is 0 Å². The molecule has 0 radical (unpaired) electrons. The smallest absolute Gasteiger partial charge is 0.132 e. The van der Waals surface area contributed by atoms with E-state index < -0.39 is 15.5 Å². The summed E-state index contributed by atoms with van der Waals surface area (Å²) in [6, 6.07) is 4.47. The Bertz CT molecular complexity index is 489. The highest BCUT2D eigenvalue weighted by molar-refractivity contribution is 7.90. The van der Waals surface area contributed by atoms with Crippen molar-refractivity contribution in [1.82, 2.24) is 0 Å². The molecule has 0 fully saturated rings. The van der Waals surface area contributed by atoms with Crippen molar-refractivity contribution in [2.24, 2.45) is 5.14 Å². The molecule has 0 amide bonds. The van der Waals surface area contributed by atoms with Gasteiger partial charge in [0, 0.05) is 0 Å². The molecule has 0 saturated heterocycles. The Morgan fingerprint density at radius 3 is 2.44 bits per heavy atom. The van der Waals surface area contributed by atoms with Gasteiger partial charge in [-0.05, 0) is 37.1 Å². The number of aliphatic hydroxyl groups is 2. The van der Waals surface area contributed by atoms with E-state index in [2.05, 4.69) is 0 Å². The van der Waals surface area contributed by atoms with Gasteiger partial charge in [0.2, 0.25) is 0 Å². The van der Waals surface area contributed by atoms with E-state index in [0.717, 1.165) is 0 Å². The van der Waals surface area contributed by atoms with E-state index in [9.17, 15) is 9.32 Å². The van der Waals surface area contributed by atoms with Gasteiger partial charge in [-0.1, -0.05) is 6.07 Å². The van der Waals surface area contributed by atoms with E-state index in [0.29, 0.717) is 11.1 Å². The molecular weight excluding hydrogens is 228 g/mol. The first-order chi connectivity index (χ1) is 7.16. The summed E-state index contributed by atoms with van der Waals surface area (Å²) in [4.78, 5) is 0.100. The fourth-order valence-corrected chi connectivity index (χ4v) is 2.16. The van der Waals surface area contributed by atoms with Crippen molar-refractivity contribution in [1.29, 1.82) is 4.78 Å². The third-order valence-corrected chi connectivity index (χ3v) is 3.32. The van der Waals surface area contributed by atoms with Crippen LogP contribution in [0.1, 0.15) is 25.0 Å². The molecule has 16 heavy (non-hydrogen) atoms. The maximum Gasteiger partial charge on any atom is 0.132 e. The van der Waals surface area contributed by atoms with Crippen molar-refractivity contribution in [3.63, 3.8) is 0 Å². The summed E-state index contributed by atoms with van der Waals surface area (Å²) in [5.41, 5.74) is -0.175. The second-order valence-corrected chi connectivity index (χ2v) is 5.78. The minimum absolute atomic E-state index is 0.100. The Hall–Kier alpha value is -0.950. The zero-order chi connectivity index (χ0) is 12.6. The van der Waals surface area contributed by atoms with E-state index in [1.165, 1.54) is 12.1 Å². The van der Waals surface area contributed by atoms with Gasteiger partial charge < -0.3 is 10.2 Å². The molecule has 0 aromatic heterocycles. The molecule has 0 heterocycles. The third kappa shape index (κ3) is 2.79. The molecule has 0 saturated carbocycles. The van der Waals surface area contributed by atoms with Crippen molar-refractivity contribution < 1.29 is 14.4 Å². The zero-order valence-corrected chi connectivity index (χ0v) is 10.0. The summed E-state index contributed by atoms with van der Waals surface area (Å²) in [6.45, 7) is 2.83. The fraction of sp³-hybridized carbons (Fsp3) is 0.400. The normalized spacial score (nSPS) is 15.8.